The van der Waals surface area contributed by atoms with Crippen molar-refractivity contribution in [3.63, 3.8) is 0 Å². The van der Waals surface area contributed by atoms with Crippen molar-refractivity contribution in [1.29, 1.82) is 0 Å². The van der Waals surface area contributed by atoms with E-state index in [1.54, 1.807) is 15.8 Å². The molecule has 1 N–H and O–H groups in total. The molecule has 24 heavy (non-hydrogen) atoms. The fraction of sp³-hybridized carbons (Fsp3) is 0.706. The minimum Gasteiger partial charge on any atom is -0.479 e. The van der Waals surface area contributed by atoms with E-state index in [0.717, 1.165) is 18.5 Å². The fourth-order valence-corrected chi connectivity index (χ4v) is 3.50. The number of ether oxygens (including phenoxy) is 1. The number of hydrogen-bond acceptors (Lipinski definition) is 4. The number of rotatable bonds is 4. The van der Waals surface area contributed by atoms with Crippen LogP contribution in [0.25, 0.3) is 0 Å². The lowest BCUT2D eigenvalue weighted by Crippen LogP contribution is -2.54. The van der Waals surface area contributed by atoms with Gasteiger partial charge in [0.2, 0.25) is 0 Å². The minimum absolute atomic E-state index is 0.00479. The number of hydrogen-bond donors (Lipinski definition) is 1. The van der Waals surface area contributed by atoms with Gasteiger partial charge in [0.25, 0.3) is 5.91 Å². The highest BCUT2D eigenvalue weighted by Crippen LogP contribution is 2.32. The van der Waals surface area contributed by atoms with Gasteiger partial charge in [-0.15, -0.1) is 0 Å². The van der Waals surface area contributed by atoms with Crippen molar-refractivity contribution in [3.8, 4) is 0 Å². The first-order chi connectivity index (χ1) is 11.4. The van der Waals surface area contributed by atoms with Gasteiger partial charge in [-0.3, -0.25) is 9.48 Å². The molecule has 132 valence electrons. The molecule has 3 rings (SSSR count). The number of nitrogens with zero attached hydrogens (tertiary/aromatic N) is 3. The van der Waals surface area contributed by atoms with Crippen LogP contribution in [0.2, 0.25) is 0 Å². The smallest absolute Gasteiger partial charge is 0.331 e. The summed E-state index contributed by atoms with van der Waals surface area (Å²) in [6.07, 6.45) is 3.80. The zero-order valence-corrected chi connectivity index (χ0v) is 14.3. The number of amides is 1. The summed E-state index contributed by atoms with van der Waals surface area (Å²) in [6.45, 7) is 5.53. The highest BCUT2D eigenvalue weighted by atomic mass is 16.5. The van der Waals surface area contributed by atoms with E-state index in [-0.39, 0.29) is 17.9 Å². The average molecular weight is 335 g/mol. The summed E-state index contributed by atoms with van der Waals surface area (Å²) in [5.41, 5.74) is -0.186. The van der Waals surface area contributed by atoms with Gasteiger partial charge in [0.1, 0.15) is 6.10 Å². The Morgan fingerprint density at radius 3 is 2.58 bits per heavy atom. The summed E-state index contributed by atoms with van der Waals surface area (Å²) >= 11 is 0. The van der Waals surface area contributed by atoms with Crippen LogP contribution in [0.4, 0.5) is 0 Å². The zero-order valence-electron chi connectivity index (χ0n) is 14.3. The Morgan fingerprint density at radius 2 is 2.08 bits per heavy atom. The Morgan fingerprint density at radius 1 is 1.38 bits per heavy atom. The number of piperidine rings is 1. The second kappa shape index (κ2) is 6.55. The molecule has 0 radical (unpaired) electrons. The number of likely N-dealkylation sites (tertiary alicyclic amines) is 1. The van der Waals surface area contributed by atoms with E-state index in [1.165, 1.54) is 0 Å². The van der Waals surface area contributed by atoms with Crippen molar-refractivity contribution >= 4 is 11.9 Å². The average Bonchev–Trinajstić information content (AvgIpc) is 3.25. The molecule has 0 spiro atoms. The van der Waals surface area contributed by atoms with E-state index >= 15 is 0 Å². The molecule has 1 aromatic rings. The molecule has 0 aromatic carbocycles. The maximum Gasteiger partial charge on any atom is 0.331 e. The Hall–Kier alpha value is -1.89. The van der Waals surface area contributed by atoms with Gasteiger partial charge in [0.15, 0.2) is 5.54 Å². The van der Waals surface area contributed by atoms with E-state index in [0.29, 0.717) is 32.5 Å². The lowest BCUT2D eigenvalue weighted by atomic mass is 9.87. The van der Waals surface area contributed by atoms with Gasteiger partial charge in [-0.1, -0.05) is 13.8 Å². The van der Waals surface area contributed by atoms with Gasteiger partial charge < -0.3 is 14.7 Å². The summed E-state index contributed by atoms with van der Waals surface area (Å²) in [5.74, 6) is -0.641. The number of carboxylic acid groups (broad SMARTS) is 1. The van der Waals surface area contributed by atoms with Gasteiger partial charge >= 0.3 is 5.97 Å². The predicted octanol–water partition coefficient (Wildman–Crippen LogP) is 1.59. The summed E-state index contributed by atoms with van der Waals surface area (Å²) in [4.78, 5) is 26.2. The largest absolute Gasteiger partial charge is 0.479 e. The third kappa shape index (κ3) is 2.92. The van der Waals surface area contributed by atoms with Crippen LogP contribution < -0.4 is 0 Å². The highest BCUT2D eigenvalue weighted by molar-refractivity contribution is 5.82. The van der Waals surface area contributed by atoms with Crippen LogP contribution in [0.5, 0.6) is 0 Å². The Balaban J connectivity index is 1.74. The summed E-state index contributed by atoms with van der Waals surface area (Å²) in [7, 11) is 0. The van der Waals surface area contributed by atoms with Crippen LogP contribution in [-0.2, 0) is 19.9 Å². The van der Waals surface area contributed by atoms with Crippen LogP contribution in [0, 0.1) is 0 Å². The molecule has 7 nitrogen and oxygen atoms in total. The van der Waals surface area contributed by atoms with E-state index < -0.39 is 11.5 Å². The normalized spacial score (nSPS) is 23.6. The van der Waals surface area contributed by atoms with Crippen molar-refractivity contribution < 1.29 is 19.4 Å². The second-order valence-corrected chi connectivity index (χ2v) is 7.00. The first-order valence-electron chi connectivity index (χ1n) is 8.64. The Labute approximate surface area is 141 Å². The first-order valence-corrected chi connectivity index (χ1v) is 8.64. The topological polar surface area (TPSA) is 84.7 Å². The summed E-state index contributed by atoms with van der Waals surface area (Å²) < 4.78 is 7.04. The standard InChI is InChI=1S/C17H25N3O4/c1-12(2)13-5-8-20(18-13)17(16(22)23)6-9-19(10-7-17)15(21)14-4-3-11-24-14/h5,8,12,14H,3-4,6-7,9-11H2,1-2H3,(H,22,23)/t14-/m1/s1. The van der Waals surface area contributed by atoms with Crippen molar-refractivity contribution in [2.45, 2.75) is 57.1 Å². The molecule has 1 amide bonds. The second-order valence-electron chi connectivity index (χ2n) is 7.00. The van der Waals surface area contributed by atoms with Gasteiger partial charge in [-0.2, -0.15) is 5.10 Å². The molecule has 3 heterocycles. The summed E-state index contributed by atoms with van der Waals surface area (Å²) in [5, 5.41) is 14.3. The zero-order chi connectivity index (χ0) is 17.3. The van der Waals surface area contributed by atoms with E-state index in [1.807, 2.05) is 19.9 Å². The molecule has 0 aliphatic carbocycles. The Kier molecular flexibility index (Phi) is 4.62. The van der Waals surface area contributed by atoms with Gasteiger partial charge in [-0.05, 0) is 24.8 Å². The molecular formula is C17H25N3O4. The molecule has 0 saturated carbocycles. The molecule has 7 heteroatoms. The molecule has 2 fully saturated rings. The van der Waals surface area contributed by atoms with Crippen molar-refractivity contribution in [1.82, 2.24) is 14.7 Å². The van der Waals surface area contributed by atoms with E-state index in [4.69, 9.17) is 4.74 Å². The Bertz CT molecular complexity index is 611. The SMILES string of the molecule is CC(C)c1ccn(C2(C(=O)O)CCN(C(=O)[C@H]3CCCO3)CC2)n1. The molecule has 1 aromatic heterocycles. The van der Waals surface area contributed by atoms with Crippen molar-refractivity contribution in [2.75, 3.05) is 19.7 Å². The predicted molar refractivity (Wildman–Crippen MR) is 86.7 cm³/mol. The van der Waals surface area contributed by atoms with Crippen molar-refractivity contribution in [2.24, 2.45) is 0 Å². The van der Waals surface area contributed by atoms with Crippen LogP contribution in [0.1, 0.15) is 51.1 Å². The maximum absolute atomic E-state index is 12.4. The molecule has 1 atom stereocenters. The van der Waals surface area contributed by atoms with Crippen LogP contribution in [-0.4, -0.2) is 57.5 Å². The first kappa shape index (κ1) is 17.0. The number of carbonyl (C=O) groups is 2. The number of aromatic nitrogens is 2. The monoisotopic (exact) mass is 335 g/mol. The molecule has 2 aliphatic rings. The van der Waals surface area contributed by atoms with Crippen LogP contribution in [0.15, 0.2) is 12.3 Å². The lowest BCUT2D eigenvalue weighted by molar-refractivity contribution is -0.155. The number of aliphatic carboxylic acids is 1. The molecule has 0 bridgehead atoms. The van der Waals surface area contributed by atoms with Gasteiger partial charge in [-0.25, -0.2) is 4.79 Å². The van der Waals surface area contributed by atoms with E-state index in [2.05, 4.69) is 5.10 Å². The van der Waals surface area contributed by atoms with Gasteiger partial charge in [0.05, 0.1) is 5.69 Å². The number of carboxylic acids is 1. The maximum atomic E-state index is 12.4. The third-order valence-corrected chi connectivity index (χ3v) is 5.15. The van der Waals surface area contributed by atoms with Crippen LogP contribution >= 0.6 is 0 Å². The van der Waals surface area contributed by atoms with E-state index in [9.17, 15) is 14.7 Å². The molecular weight excluding hydrogens is 310 g/mol. The van der Waals surface area contributed by atoms with Crippen LogP contribution in [0.3, 0.4) is 0 Å². The van der Waals surface area contributed by atoms with Gasteiger partial charge in [0, 0.05) is 38.7 Å². The molecule has 0 unspecified atom stereocenters. The number of carbonyl (C=O) groups excluding carboxylic acids is 1. The third-order valence-electron chi connectivity index (χ3n) is 5.15. The fourth-order valence-electron chi connectivity index (χ4n) is 3.50. The van der Waals surface area contributed by atoms with Crippen molar-refractivity contribution in [3.05, 3.63) is 18.0 Å². The quantitative estimate of drug-likeness (QED) is 0.903. The highest BCUT2D eigenvalue weighted by Gasteiger charge is 2.45. The minimum atomic E-state index is -1.07. The lowest BCUT2D eigenvalue weighted by Gasteiger charge is -2.39. The summed E-state index contributed by atoms with van der Waals surface area (Å²) in [6, 6.07) is 1.87. The molecule has 2 aliphatic heterocycles. The molecule has 2 saturated heterocycles.